The molecule has 0 amide bonds. The predicted molar refractivity (Wildman–Crippen MR) is 71.6 cm³/mol. The average Bonchev–Trinajstić information content (AvgIpc) is 2.60. The van der Waals surface area contributed by atoms with Gasteiger partial charge in [-0.2, -0.15) is 0 Å². The van der Waals surface area contributed by atoms with Crippen molar-refractivity contribution < 1.29 is 19.1 Å². The Morgan fingerprint density at radius 2 is 1.68 bits per heavy atom. The molecule has 0 N–H and O–H groups in total. The van der Waals surface area contributed by atoms with Crippen molar-refractivity contribution in [1.82, 2.24) is 4.57 Å². The Bertz CT molecular complexity index is 493. The van der Waals surface area contributed by atoms with Gasteiger partial charge in [0, 0.05) is 12.7 Å². The standard InChI is InChI=1S/C13H18ClNO4/c1-5-18-12(16)10-8(3)11(13(17)19-6-2)15(4)9(10)7-14/h5-7H2,1-4H3. The number of rotatable bonds is 5. The minimum absolute atomic E-state index is 0.116. The maximum absolute atomic E-state index is 11.9. The van der Waals surface area contributed by atoms with Crippen molar-refractivity contribution in [2.75, 3.05) is 13.2 Å². The summed E-state index contributed by atoms with van der Waals surface area (Å²) in [4.78, 5) is 23.9. The molecule has 1 aromatic heterocycles. The van der Waals surface area contributed by atoms with Crippen LogP contribution in [-0.4, -0.2) is 29.7 Å². The quantitative estimate of drug-likeness (QED) is 0.616. The van der Waals surface area contributed by atoms with Crippen molar-refractivity contribution in [3.05, 3.63) is 22.5 Å². The van der Waals surface area contributed by atoms with Crippen LogP contribution < -0.4 is 0 Å². The number of hydrogen-bond acceptors (Lipinski definition) is 4. The number of hydrogen-bond donors (Lipinski definition) is 0. The molecule has 0 radical (unpaired) electrons. The van der Waals surface area contributed by atoms with E-state index in [1.165, 1.54) is 0 Å². The van der Waals surface area contributed by atoms with E-state index in [4.69, 9.17) is 21.1 Å². The molecule has 6 heteroatoms. The molecule has 0 atom stereocenters. The Kier molecular flexibility index (Phi) is 5.42. The second-order valence-electron chi connectivity index (χ2n) is 3.93. The second kappa shape index (κ2) is 6.61. The number of nitrogens with zero attached hydrogens (tertiary/aromatic N) is 1. The lowest BCUT2D eigenvalue weighted by Crippen LogP contribution is -2.12. The minimum atomic E-state index is -0.471. The minimum Gasteiger partial charge on any atom is -0.462 e. The van der Waals surface area contributed by atoms with E-state index < -0.39 is 11.9 Å². The second-order valence-corrected chi connectivity index (χ2v) is 4.20. The number of aromatic nitrogens is 1. The number of ether oxygens (including phenoxy) is 2. The first kappa shape index (κ1) is 15.6. The molecule has 106 valence electrons. The van der Waals surface area contributed by atoms with Crippen molar-refractivity contribution >= 4 is 23.5 Å². The number of esters is 2. The molecule has 0 aliphatic rings. The third kappa shape index (κ3) is 2.92. The van der Waals surface area contributed by atoms with Gasteiger partial charge in [-0.3, -0.25) is 0 Å². The molecule has 0 aliphatic heterocycles. The van der Waals surface area contributed by atoms with Gasteiger partial charge in [-0.25, -0.2) is 9.59 Å². The van der Waals surface area contributed by atoms with Crippen LogP contribution in [0.1, 0.15) is 46.0 Å². The Morgan fingerprint density at radius 1 is 1.16 bits per heavy atom. The first-order valence-corrected chi connectivity index (χ1v) is 6.61. The molecule has 0 saturated heterocycles. The smallest absolute Gasteiger partial charge is 0.355 e. The van der Waals surface area contributed by atoms with Gasteiger partial charge in [-0.05, 0) is 26.3 Å². The molecule has 1 aromatic rings. The van der Waals surface area contributed by atoms with E-state index in [1.54, 1.807) is 32.4 Å². The van der Waals surface area contributed by atoms with Gasteiger partial charge in [-0.1, -0.05) is 0 Å². The van der Waals surface area contributed by atoms with E-state index in [2.05, 4.69) is 0 Å². The first-order valence-electron chi connectivity index (χ1n) is 6.07. The predicted octanol–water partition coefficient (Wildman–Crippen LogP) is 2.43. The van der Waals surface area contributed by atoms with Crippen LogP contribution in [0.2, 0.25) is 0 Å². The van der Waals surface area contributed by atoms with Crippen LogP contribution in [0.15, 0.2) is 0 Å². The van der Waals surface area contributed by atoms with Crippen LogP contribution >= 0.6 is 11.6 Å². The van der Waals surface area contributed by atoms with E-state index >= 15 is 0 Å². The summed E-state index contributed by atoms with van der Waals surface area (Å²) in [6, 6.07) is 0. The summed E-state index contributed by atoms with van der Waals surface area (Å²) in [5, 5.41) is 0. The lowest BCUT2D eigenvalue weighted by atomic mass is 10.1. The monoisotopic (exact) mass is 287 g/mol. The molecule has 1 heterocycles. The van der Waals surface area contributed by atoms with Crippen LogP contribution in [0.3, 0.4) is 0 Å². The first-order chi connectivity index (χ1) is 8.99. The highest BCUT2D eigenvalue weighted by molar-refractivity contribution is 6.17. The topological polar surface area (TPSA) is 57.5 Å². The van der Waals surface area contributed by atoms with Crippen LogP contribution in [0.4, 0.5) is 0 Å². The van der Waals surface area contributed by atoms with Gasteiger partial charge in [0.2, 0.25) is 0 Å². The number of carbonyl (C=O) groups is 2. The van der Waals surface area contributed by atoms with Crippen molar-refractivity contribution in [3.63, 3.8) is 0 Å². The van der Waals surface area contributed by atoms with Crippen molar-refractivity contribution in [3.8, 4) is 0 Å². The van der Waals surface area contributed by atoms with E-state index in [0.717, 1.165) is 0 Å². The number of alkyl halides is 1. The molecule has 0 fully saturated rings. The van der Waals surface area contributed by atoms with Crippen molar-refractivity contribution in [1.29, 1.82) is 0 Å². The van der Waals surface area contributed by atoms with E-state index in [0.29, 0.717) is 22.5 Å². The Balaban J connectivity index is 3.36. The number of carbonyl (C=O) groups excluding carboxylic acids is 2. The van der Waals surface area contributed by atoms with Gasteiger partial charge in [0.05, 0.1) is 24.7 Å². The lowest BCUT2D eigenvalue weighted by Gasteiger charge is -2.06. The maximum atomic E-state index is 11.9. The fourth-order valence-electron chi connectivity index (χ4n) is 2.01. The fourth-order valence-corrected chi connectivity index (χ4v) is 2.32. The average molecular weight is 288 g/mol. The summed E-state index contributed by atoms with van der Waals surface area (Å²) >= 11 is 5.87. The van der Waals surface area contributed by atoms with Gasteiger partial charge in [-0.15, -0.1) is 11.6 Å². The van der Waals surface area contributed by atoms with Gasteiger partial charge in [0.15, 0.2) is 0 Å². The maximum Gasteiger partial charge on any atom is 0.355 e. The van der Waals surface area contributed by atoms with Crippen LogP contribution in [-0.2, 0) is 22.4 Å². The van der Waals surface area contributed by atoms with Gasteiger partial charge in [0.25, 0.3) is 0 Å². The van der Waals surface area contributed by atoms with Gasteiger partial charge >= 0.3 is 11.9 Å². The normalized spacial score (nSPS) is 10.4. The van der Waals surface area contributed by atoms with Crippen molar-refractivity contribution in [2.45, 2.75) is 26.7 Å². The van der Waals surface area contributed by atoms with Crippen LogP contribution in [0, 0.1) is 6.92 Å². The molecule has 0 bridgehead atoms. The molecule has 0 unspecified atom stereocenters. The third-order valence-electron chi connectivity index (χ3n) is 2.83. The Morgan fingerprint density at radius 3 is 2.16 bits per heavy atom. The Hall–Kier alpha value is -1.49. The largest absolute Gasteiger partial charge is 0.462 e. The third-order valence-corrected chi connectivity index (χ3v) is 3.09. The summed E-state index contributed by atoms with van der Waals surface area (Å²) in [6.45, 7) is 5.68. The van der Waals surface area contributed by atoms with Crippen molar-refractivity contribution in [2.24, 2.45) is 7.05 Å². The molecule has 0 spiro atoms. The van der Waals surface area contributed by atoms with E-state index in [9.17, 15) is 9.59 Å². The molecular formula is C13H18ClNO4. The lowest BCUT2D eigenvalue weighted by molar-refractivity contribution is 0.0512. The Labute approximate surface area is 117 Å². The molecule has 0 saturated carbocycles. The SMILES string of the molecule is CCOC(=O)c1c(C)c(C(=O)OCC)n(C)c1CCl. The van der Waals surface area contributed by atoms with Gasteiger partial charge in [0.1, 0.15) is 5.69 Å². The van der Waals surface area contributed by atoms with Gasteiger partial charge < -0.3 is 14.0 Å². The molecule has 5 nitrogen and oxygen atoms in total. The highest BCUT2D eigenvalue weighted by Gasteiger charge is 2.27. The fraction of sp³-hybridized carbons (Fsp3) is 0.538. The highest BCUT2D eigenvalue weighted by Crippen LogP contribution is 2.25. The molecule has 1 rings (SSSR count). The highest BCUT2D eigenvalue weighted by atomic mass is 35.5. The summed E-state index contributed by atoms with van der Waals surface area (Å²) in [5.74, 6) is -0.823. The summed E-state index contributed by atoms with van der Waals surface area (Å²) in [6.07, 6.45) is 0. The van der Waals surface area contributed by atoms with Crippen LogP contribution in [0.5, 0.6) is 0 Å². The molecule has 0 aliphatic carbocycles. The van der Waals surface area contributed by atoms with E-state index in [1.807, 2.05) is 0 Å². The van der Waals surface area contributed by atoms with Crippen LogP contribution in [0.25, 0.3) is 0 Å². The summed E-state index contributed by atoms with van der Waals surface area (Å²) < 4.78 is 11.6. The molecule has 19 heavy (non-hydrogen) atoms. The zero-order valence-electron chi connectivity index (χ0n) is 11.6. The zero-order valence-corrected chi connectivity index (χ0v) is 12.3. The summed E-state index contributed by atoms with van der Waals surface area (Å²) in [5.41, 5.74) is 1.78. The number of halogens is 1. The molecular weight excluding hydrogens is 270 g/mol. The van der Waals surface area contributed by atoms with E-state index in [-0.39, 0.29) is 19.1 Å². The molecule has 0 aromatic carbocycles. The summed E-state index contributed by atoms with van der Waals surface area (Å²) in [7, 11) is 1.68. The zero-order chi connectivity index (χ0) is 14.6.